The molecule has 2 heterocycles. The highest BCUT2D eigenvalue weighted by Crippen LogP contribution is 2.11. The van der Waals surface area contributed by atoms with Crippen molar-refractivity contribution in [1.29, 1.82) is 0 Å². The summed E-state index contributed by atoms with van der Waals surface area (Å²) >= 11 is 1.76. The fourth-order valence-electron chi connectivity index (χ4n) is 2.02. The van der Waals surface area contributed by atoms with Crippen LogP contribution in [0.2, 0.25) is 0 Å². The van der Waals surface area contributed by atoms with Gasteiger partial charge >= 0.3 is 0 Å². The van der Waals surface area contributed by atoms with Crippen LogP contribution in [0.3, 0.4) is 0 Å². The van der Waals surface area contributed by atoms with Crippen LogP contribution in [0, 0.1) is 0 Å². The zero-order valence-corrected chi connectivity index (χ0v) is 10.1. The molecule has 3 nitrogen and oxygen atoms in total. The molecule has 84 valence electrons. The smallest absolute Gasteiger partial charge is 0.107 e. The fraction of sp³-hybridized carbons (Fsp3) is 0.727. The third kappa shape index (κ3) is 3.26. The molecular weight excluding hydrogens is 206 g/mol. The minimum absolute atomic E-state index is 0.660. The number of rotatable bonds is 3. The molecule has 1 fully saturated rings. The Morgan fingerprint density at radius 2 is 2.60 bits per heavy atom. The van der Waals surface area contributed by atoms with Crippen LogP contribution >= 0.6 is 11.3 Å². The summed E-state index contributed by atoms with van der Waals surface area (Å²) < 4.78 is 0. The number of hydrogen-bond donors (Lipinski definition) is 1. The van der Waals surface area contributed by atoms with E-state index >= 15 is 0 Å². The molecule has 1 atom stereocenters. The molecule has 0 amide bonds. The molecule has 1 aromatic rings. The van der Waals surface area contributed by atoms with Crippen molar-refractivity contribution in [3.05, 3.63) is 16.6 Å². The van der Waals surface area contributed by atoms with Gasteiger partial charge in [0.2, 0.25) is 0 Å². The second-order valence-electron chi connectivity index (χ2n) is 4.07. The molecule has 0 saturated carbocycles. The predicted molar refractivity (Wildman–Crippen MR) is 64.1 cm³/mol. The topological polar surface area (TPSA) is 28.2 Å². The van der Waals surface area contributed by atoms with Gasteiger partial charge in [0.15, 0.2) is 0 Å². The monoisotopic (exact) mass is 225 g/mol. The predicted octanol–water partition coefficient (Wildman–Crippen LogP) is 1.72. The standard InChI is InChI=1S/C11H19N3S/c1-2-10-8-14(6-3-4-12-10)9-11-13-5-7-15-11/h5,7,10,12H,2-4,6,8-9H2,1H3. The van der Waals surface area contributed by atoms with E-state index in [0.717, 1.165) is 19.6 Å². The van der Waals surface area contributed by atoms with Crippen molar-refractivity contribution in [1.82, 2.24) is 15.2 Å². The first-order chi connectivity index (χ1) is 7.38. The van der Waals surface area contributed by atoms with Gasteiger partial charge in [-0.05, 0) is 25.9 Å². The summed E-state index contributed by atoms with van der Waals surface area (Å²) in [6, 6.07) is 0.660. The zero-order chi connectivity index (χ0) is 10.5. The van der Waals surface area contributed by atoms with E-state index in [1.807, 2.05) is 6.20 Å². The molecule has 4 heteroatoms. The number of aromatic nitrogens is 1. The van der Waals surface area contributed by atoms with E-state index in [4.69, 9.17) is 0 Å². The van der Waals surface area contributed by atoms with Crippen LogP contribution in [0.4, 0.5) is 0 Å². The van der Waals surface area contributed by atoms with Crippen molar-refractivity contribution in [2.45, 2.75) is 32.4 Å². The van der Waals surface area contributed by atoms with Gasteiger partial charge in [0.1, 0.15) is 5.01 Å². The molecule has 1 N–H and O–H groups in total. The molecule has 1 unspecified atom stereocenters. The molecule has 1 aromatic heterocycles. The van der Waals surface area contributed by atoms with Crippen molar-refractivity contribution in [2.24, 2.45) is 0 Å². The average molecular weight is 225 g/mol. The second kappa shape index (κ2) is 5.58. The molecule has 1 aliphatic rings. The van der Waals surface area contributed by atoms with Crippen molar-refractivity contribution < 1.29 is 0 Å². The van der Waals surface area contributed by atoms with E-state index in [0.29, 0.717) is 6.04 Å². The summed E-state index contributed by atoms with van der Waals surface area (Å²) in [5.74, 6) is 0. The van der Waals surface area contributed by atoms with Gasteiger partial charge in [0, 0.05) is 24.2 Å². The summed E-state index contributed by atoms with van der Waals surface area (Å²) in [5.41, 5.74) is 0. The van der Waals surface area contributed by atoms with Gasteiger partial charge in [-0.3, -0.25) is 4.90 Å². The first kappa shape index (κ1) is 11.0. The van der Waals surface area contributed by atoms with Crippen LogP contribution < -0.4 is 5.32 Å². The van der Waals surface area contributed by atoms with Gasteiger partial charge in [-0.2, -0.15) is 0 Å². The summed E-state index contributed by atoms with van der Waals surface area (Å²) in [7, 11) is 0. The summed E-state index contributed by atoms with van der Waals surface area (Å²) in [4.78, 5) is 6.87. The van der Waals surface area contributed by atoms with Crippen LogP contribution in [0.25, 0.3) is 0 Å². The second-order valence-corrected chi connectivity index (χ2v) is 5.05. The van der Waals surface area contributed by atoms with Gasteiger partial charge in [-0.25, -0.2) is 4.98 Å². The van der Waals surface area contributed by atoms with E-state index in [1.54, 1.807) is 11.3 Å². The minimum atomic E-state index is 0.660. The lowest BCUT2D eigenvalue weighted by Crippen LogP contribution is -2.36. The number of nitrogens with zero attached hydrogens (tertiary/aromatic N) is 2. The molecule has 2 rings (SSSR count). The zero-order valence-electron chi connectivity index (χ0n) is 9.28. The molecule has 0 spiro atoms. The van der Waals surface area contributed by atoms with E-state index in [2.05, 4.69) is 27.5 Å². The van der Waals surface area contributed by atoms with Crippen LogP contribution in [-0.2, 0) is 6.54 Å². The van der Waals surface area contributed by atoms with Crippen LogP contribution in [0.5, 0.6) is 0 Å². The van der Waals surface area contributed by atoms with Crippen LogP contribution in [0.1, 0.15) is 24.8 Å². The third-order valence-electron chi connectivity index (χ3n) is 2.90. The molecular formula is C11H19N3S. The Balaban J connectivity index is 1.90. The maximum absolute atomic E-state index is 4.35. The van der Waals surface area contributed by atoms with Gasteiger partial charge < -0.3 is 5.32 Å². The van der Waals surface area contributed by atoms with E-state index < -0.39 is 0 Å². The Labute approximate surface area is 95.5 Å². The molecule has 0 aromatic carbocycles. The summed E-state index contributed by atoms with van der Waals surface area (Å²) in [6.45, 7) is 6.80. The largest absolute Gasteiger partial charge is 0.313 e. The lowest BCUT2D eigenvalue weighted by Gasteiger charge is -2.22. The molecule has 1 saturated heterocycles. The normalized spacial score (nSPS) is 23.9. The van der Waals surface area contributed by atoms with E-state index in [9.17, 15) is 0 Å². The fourth-order valence-corrected chi connectivity index (χ4v) is 2.67. The maximum Gasteiger partial charge on any atom is 0.107 e. The average Bonchev–Trinajstić information content (AvgIpc) is 2.64. The number of hydrogen-bond acceptors (Lipinski definition) is 4. The Bertz CT molecular complexity index is 273. The number of thiazole rings is 1. The highest BCUT2D eigenvalue weighted by Gasteiger charge is 2.16. The lowest BCUT2D eigenvalue weighted by molar-refractivity contribution is 0.257. The Kier molecular flexibility index (Phi) is 4.11. The molecule has 0 radical (unpaired) electrons. The van der Waals surface area contributed by atoms with Crippen molar-refractivity contribution in [2.75, 3.05) is 19.6 Å². The van der Waals surface area contributed by atoms with E-state index in [-0.39, 0.29) is 0 Å². The quantitative estimate of drug-likeness (QED) is 0.849. The van der Waals surface area contributed by atoms with Gasteiger partial charge in [-0.15, -0.1) is 11.3 Å². The summed E-state index contributed by atoms with van der Waals surface area (Å²) in [6.07, 6.45) is 4.36. The molecule has 15 heavy (non-hydrogen) atoms. The van der Waals surface area contributed by atoms with Crippen LogP contribution in [-0.4, -0.2) is 35.6 Å². The highest BCUT2D eigenvalue weighted by molar-refractivity contribution is 7.09. The van der Waals surface area contributed by atoms with Gasteiger partial charge in [-0.1, -0.05) is 6.92 Å². The SMILES string of the molecule is CCC1CN(Cc2nccs2)CCCN1. The first-order valence-electron chi connectivity index (χ1n) is 5.72. The highest BCUT2D eigenvalue weighted by atomic mass is 32.1. The third-order valence-corrected chi connectivity index (χ3v) is 3.66. The Morgan fingerprint density at radius 1 is 1.67 bits per heavy atom. The van der Waals surface area contributed by atoms with Crippen molar-refractivity contribution in [3.8, 4) is 0 Å². The number of nitrogens with one attached hydrogen (secondary N) is 1. The Hall–Kier alpha value is -0.450. The van der Waals surface area contributed by atoms with Crippen molar-refractivity contribution in [3.63, 3.8) is 0 Å². The van der Waals surface area contributed by atoms with Crippen LogP contribution in [0.15, 0.2) is 11.6 Å². The van der Waals surface area contributed by atoms with Gasteiger partial charge in [0.25, 0.3) is 0 Å². The van der Waals surface area contributed by atoms with Crippen molar-refractivity contribution >= 4 is 11.3 Å². The lowest BCUT2D eigenvalue weighted by atomic mass is 10.2. The molecule has 1 aliphatic heterocycles. The first-order valence-corrected chi connectivity index (χ1v) is 6.60. The van der Waals surface area contributed by atoms with Gasteiger partial charge in [0.05, 0.1) is 6.54 Å². The summed E-state index contributed by atoms with van der Waals surface area (Å²) in [5, 5.41) is 6.88. The maximum atomic E-state index is 4.35. The molecule has 0 bridgehead atoms. The minimum Gasteiger partial charge on any atom is -0.313 e. The molecule has 0 aliphatic carbocycles. The van der Waals surface area contributed by atoms with E-state index in [1.165, 1.54) is 24.4 Å². The Morgan fingerprint density at radius 3 is 3.33 bits per heavy atom.